The Bertz CT molecular complexity index is 1170. The van der Waals surface area contributed by atoms with Crippen LogP contribution in [0.1, 0.15) is 27.7 Å². The molecular weight excluding hydrogens is 489 g/mol. The number of anilines is 2. The smallest absolute Gasteiger partial charge is 0.412 e. The highest BCUT2D eigenvalue weighted by atomic mass is 35.5. The summed E-state index contributed by atoms with van der Waals surface area (Å²) in [6.45, 7) is 6.85. The van der Waals surface area contributed by atoms with Gasteiger partial charge in [0.1, 0.15) is 23.8 Å². The van der Waals surface area contributed by atoms with Crippen LogP contribution in [0, 0.1) is 5.82 Å². The van der Waals surface area contributed by atoms with E-state index in [1.54, 1.807) is 40.0 Å². The Balaban J connectivity index is 0.000000739. The van der Waals surface area contributed by atoms with Gasteiger partial charge in [-0.05, 0) is 57.2 Å². The number of carbonyl (C=O) groups excluding carboxylic acids is 2. The van der Waals surface area contributed by atoms with Gasteiger partial charge in [-0.25, -0.2) is 17.6 Å². The highest BCUT2D eigenvalue weighted by Gasteiger charge is 2.31. The third kappa shape index (κ3) is 7.22. The van der Waals surface area contributed by atoms with Crippen LogP contribution >= 0.6 is 11.6 Å². The third-order valence-electron chi connectivity index (χ3n) is 4.26. The molecule has 0 saturated heterocycles. The molecule has 1 heterocycles. The topological polar surface area (TPSA) is 114 Å². The average Bonchev–Trinajstić information content (AvgIpc) is 2.74. The number of hydrogen-bond donors (Lipinski definition) is 2. The van der Waals surface area contributed by atoms with Crippen LogP contribution in [0.4, 0.5) is 20.6 Å². The van der Waals surface area contributed by atoms with Gasteiger partial charge in [0.05, 0.1) is 22.2 Å². The van der Waals surface area contributed by atoms with Gasteiger partial charge in [-0.1, -0.05) is 11.6 Å². The van der Waals surface area contributed by atoms with E-state index >= 15 is 0 Å². The molecule has 0 aliphatic carbocycles. The van der Waals surface area contributed by atoms with E-state index in [2.05, 4.69) is 10.6 Å². The van der Waals surface area contributed by atoms with Crippen molar-refractivity contribution in [1.29, 1.82) is 0 Å². The number of carbonyl (C=O) groups is 2. The molecule has 2 aromatic carbocycles. The Labute approximate surface area is 203 Å². The molecule has 0 bridgehead atoms. The number of fused-ring (bicyclic) bond motifs is 1. The average molecular weight is 516 g/mol. The van der Waals surface area contributed by atoms with E-state index in [0.717, 1.165) is 22.5 Å². The molecule has 0 spiro atoms. The highest BCUT2D eigenvalue weighted by molar-refractivity contribution is 7.92. The van der Waals surface area contributed by atoms with E-state index < -0.39 is 27.5 Å². The zero-order valence-corrected chi connectivity index (χ0v) is 21.0. The molecule has 0 atom stereocenters. The summed E-state index contributed by atoms with van der Waals surface area (Å²) in [6, 6.07) is 7.81. The summed E-state index contributed by atoms with van der Waals surface area (Å²) in [6.07, 6.45) is -0.672. The predicted octanol–water partition coefficient (Wildman–Crippen LogP) is 4.17. The number of nitrogens with one attached hydrogen (secondary N) is 2. The third-order valence-corrected chi connectivity index (χ3v) is 6.35. The minimum Gasteiger partial charge on any atom is -0.489 e. The van der Waals surface area contributed by atoms with Gasteiger partial charge in [0.25, 0.3) is 10.0 Å². The molecule has 0 saturated carbocycles. The number of halogens is 2. The predicted molar refractivity (Wildman–Crippen MR) is 127 cm³/mol. The first-order valence-corrected chi connectivity index (χ1v) is 12.0. The Hall–Kier alpha value is -3.05. The van der Waals surface area contributed by atoms with Crippen LogP contribution in [0.2, 0.25) is 5.02 Å². The van der Waals surface area contributed by atoms with E-state index in [-0.39, 0.29) is 34.7 Å². The molecule has 0 fully saturated rings. The van der Waals surface area contributed by atoms with Gasteiger partial charge in [0, 0.05) is 19.7 Å². The minimum atomic E-state index is -4.03. The van der Waals surface area contributed by atoms with Crippen molar-refractivity contribution < 1.29 is 31.9 Å². The molecule has 1 aliphatic heterocycles. The monoisotopic (exact) mass is 515 g/mol. The molecule has 3 rings (SSSR count). The molecule has 9 nitrogen and oxygen atoms in total. The van der Waals surface area contributed by atoms with Crippen LogP contribution in [0.5, 0.6) is 5.75 Å². The van der Waals surface area contributed by atoms with Gasteiger partial charge < -0.3 is 14.8 Å². The van der Waals surface area contributed by atoms with E-state index in [9.17, 15) is 22.4 Å². The summed E-state index contributed by atoms with van der Waals surface area (Å²) in [7, 11) is -2.43. The quantitative estimate of drug-likeness (QED) is 0.634. The number of ether oxygens (including phenoxy) is 2. The largest absolute Gasteiger partial charge is 0.489 e. The summed E-state index contributed by atoms with van der Waals surface area (Å²) < 4.78 is 51.5. The van der Waals surface area contributed by atoms with Crippen molar-refractivity contribution >= 4 is 45.0 Å². The summed E-state index contributed by atoms with van der Waals surface area (Å²) in [4.78, 5) is 21.6. The maximum atomic E-state index is 13.4. The summed E-state index contributed by atoms with van der Waals surface area (Å²) in [5, 5.41) is 4.67. The number of nitrogens with zero attached hydrogens (tertiary/aromatic N) is 1. The van der Waals surface area contributed by atoms with Crippen LogP contribution in [0.3, 0.4) is 0 Å². The highest BCUT2D eigenvalue weighted by Crippen LogP contribution is 2.38. The number of rotatable bonds is 3. The van der Waals surface area contributed by atoms with Gasteiger partial charge in [-0.3, -0.25) is 14.4 Å². The Morgan fingerprint density at radius 2 is 1.82 bits per heavy atom. The van der Waals surface area contributed by atoms with Crippen LogP contribution in [-0.2, 0) is 19.6 Å². The molecule has 2 aromatic rings. The van der Waals surface area contributed by atoms with E-state index in [4.69, 9.17) is 21.1 Å². The lowest BCUT2D eigenvalue weighted by Crippen LogP contribution is -2.38. The fraction of sp³-hybridized carbons (Fsp3) is 0.364. The normalized spacial score (nSPS) is 13.0. The fourth-order valence-corrected chi connectivity index (χ4v) is 4.43. The number of sulfonamides is 1. The van der Waals surface area contributed by atoms with Crippen LogP contribution in [0.25, 0.3) is 0 Å². The van der Waals surface area contributed by atoms with Crippen molar-refractivity contribution in [2.24, 2.45) is 0 Å². The lowest BCUT2D eigenvalue weighted by molar-refractivity contribution is -0.118. The standard InChI is InChI=1S/C19H20ClFN2O5S.C3H7NO/c1-19(2,3)28-18(24)22-12-4-7-17-16(10-12)23(8-9-27-17)29(25,26)13-5-6-15(21)14(20)11-13;1-3(5)4-2/h4-7,10-11H,8-9H2,1-3H3,(H,22,24);1-2H3,(H,4,5). The molecule has 12 heteroatoms. The minimum absolute atomic E-state index is 0.00463. The molecular formula is C22H27ClFN3O6S. The second-order valence-corrected chi connectivity index (χ2v) is 10.4. The van der Waals surface area contributed by atoms with Crippen molar-refractivity contribution in [3.63, 3.8) is 0 Å². The first kappa shape index (κ1) is 27.2. The molecule has 1 aliphatic rings. The fourth-order valence-electron chi connectivity index (χ4n) is 2.71. The molecule has 0 aromatic heterocycles. The van der Waals surface area contributed by atoms with Gasteiger partial charge in [0.2, 0.25) is 5.91 Å². The Morgan fingerprint density at radius 3 is 2.38 bits per heavy atom. The molecule has 2 amide bonds. The van der Waals surface area contributed by atoms with Gasteiger partial charge in [0.15, 0.2) is 0 Å². The molecule has 34 heavy (non-hydrogen) atoms. The maximum Gasteiger partial charge on any atom is 0.412 e. The summed E-state index contributed by atoms with van der Waals surface area (Å²) in [5.41, 5.74) is -0.107. The Morgan fingerprint density at radius 1 is 1.18 bits per heavy atom. The molecule has 0 unspecified atom stereocenters. The van der Waals surface area contributed by atoms with E-state index in [1.165, 1.54) is 13.0 Å². The lowest BCUT2D eigenvalue weighted by atomic mass is 10.2. The SMILES string of the molecule is CC(C)(C)OC(=O)Nc1ccc2c(c1)N(S(=O)(=O)c1ccc(F)c(Cl)c1)CCO2.CNC(C)=O. The second-order valence-electron chi connectivity index (χ2n) is 8.12. The van der Waals surface area contributed by atoms with Crippen molar-refractivity contribution in [2.45, 2.75) is 38.2 Å². The van der Waals surface area contributed by atoms with Crippen molar-refractivity contribution in [3.8, 4) is 5.75 Å². The first-order chi connectivity index (χ1) is 15.7. The summed E-state index contributed by atoms with van der Waals surface area (Å²) in [5.74, 6) is -0.371. The lowest BCUT2D eigenvalue weighted by Gasteiger charge is -2.31. The molecule has 2 N–H and O–H groups in total. The number of amides is 2. The van der Waals surface area contributed by atoms with Gasteiger partial charge in [-0.15, -0.1) is 0 Å². The van der Waals surface area contributed by atoms with Crippen molar-refractivity contribution in [2.75, 3.05) is 29.8 Å². The van der Waals surface area contributed by atoms with Crippen molar-refractivity contribution in [3.05, 3.63) is 47.2 Å². The molecule has 186 valence electrons. The van der Waals surface area contributed by atoms with Gasteiger partial charge >= 0.3 is 6.09 Å². The van der Waals surface area contributed by atoms with E-state index in [1.807, 2.05) is 0 Å². The second kappa shape index (κ2) is 10.9. The van der Waals surface area contributed by atoms with Crippen LogP contribution in [-0.4, -0.2) is 46.2 Å². The van der Waals surface area contributed by atoms with Crippen LogP contribution in [0.15, 0.2) is 41.3 Å². The van der Waals surface area contributed by atoms with E-state index in [0.29, 0.717) is 11.4 Å². The number of benzene rings is 2. The van der Waals surface area contributed by atoms with Crippen molar-refractivity contribution in [1.82, 2.24) is 5.32 Å². The zero-order valence-electron chi connectivity index (χ0n) is 19.4. The molecule has 0 radical (unpaired) electrons. The van der Waals surface area contributed by atoms with Gasteiger partial charge in [-0.2, -0.15) is 0 Å². The Kier molecular flexibility index (Phi) is 8.73. The maximum absolute atomic E-state index is 13.4. The zero-order chi connectivity index (χ0) is 25.7. The number of hydrogen-bond acceptors (Lipinski definition) is 6. The van der Waals surface area contributed by atoms with Crippen LogP contribution < -0.4 is 19.7 Å². The first-order valence-electron chi connectivity index (χ1n) is 10.2. The summed E-state index contributed by atoms with van der Waals surface area (Å²) >= 11 is 5.75.